The first kappa shape index (κ1) is 16.8. The number of nitrogens with one attached hydrogen (secondary N) is 3. The molecule has 1 unspecified atom stereocenters. The highest BCUT2D eigenvalue weighted by atomic mass is 16.5. The van der Waals surface area contributed by atoms with Crippen molar-refractivity contribution in [2.45, 2.75) is 19.3 Å². The topological polar surface area (TPSA) is 79.5 Å². The van der Waals surface area contributed by atoms with E-state index in [0.717, 1.165) is 32.4 Å². The number of hydrogen-bond donors (Lipinski definition) is 3. The van der Waals surface area contributed by atoms with Gasteiger partial charge in [0, 0.05) is 24.6 Å². The first-order chi connectivity index (χ1) is 11.6. The number of amides is 2. The minimum absolute atomic E-state index is 0.132. The van der Waals surface area contributed by atoms with Gasteiger partial charge in [-0.3, -0.25) is 9.59 Å². The van der Waals surface area contributed by atoms with Gasteiger partial charge in [0.1, 0.15) is 5.75 Å². The summed E-state index contributed by atoms with van der Waals surface area (Å²) < 4.78 is 5.11. The average Bonchev–Trinajstić information content (AvgIpc) is 3.32. The van der Waals surface area contributed by atoms with Crippen molar-refractivity contribution < 1.29 is 14.3 Å². The molecule has 2 fully saturated rings. The fraction of sp³-hybridized carbons (Fsp3) is 0.556. The molecule has 0 aromatic heterocycles. The summed E-state index contributed by atoms with van der Waals surface area (Å²) in [6.07, 6.45) is 3.20. The molecule has 1 saturated carbocycles. The first-order valence-electron chi connectivity index (χ1n) is 8.55. The third kappa shape index (κ3) is 3.70. The zero-order valence-corrected chi connectivity index (χ0v) is 14.1. The van der Waals surface area contributed by atoms with Crippen molar-refractivity contribution in [3.05, 3.63) is 29.8 Å². The fourth-order valence-corrected chi connectivity index (χ4v) is 3.55. The Hall–Kier alpha value is -2.08. The maximum absolute atomic E-state index is 12.2. The summed E-state index contributed by atoms with van der Waals surface area (Å²) in [4.78, 5) is 24.3. The Kier molecular flexibility index (Phi) is 5.04. The molecule has 1 aliphatic carbocycles. The molecule has 1 atom stereocenters. The Morgan fingerprint density at radius 1 is 1.25 bits per heavy atom. The van der Waals surface area contributed by atoms with Crippen LogP contribution in [-0.2, 0) is 4.79 Å². The maximum Gasteiger partial charge on any atom is 0.251 e. The second-order valence-electron chi connectivity index (χ2n) is 6.65. The van der Waals surface area contributed by atoms with Crippen LogP contribution in [0.4, 0.5) is 0 Å². The number of ether oxygens (including phenoxy) is 1. The lowest BCUT2D eigenvalue weighted by atomic mass is 9.92. The Bertz CT molecular complexity index is 611. The summed E-state index contributed by atoms with van der Waals surface area (Å²) in [6, 6.07) is 7.00. The summed E-state index contributed by atoms with van der Waals surface area (Å²) in [5.41, 5.74) is 0.802. The molecule has 3 rings (SSSR count). The molecule has 130 valence electrons. The van der Waals surface area contributed by atoms with E-state index in [0.29, 0.717) is 24.4 Å². The van der Waals surface area contributed by atoms with Crippen LogP contribution < -0.4 is 20.7 Å². The Morgan fingerprint density at radius 3 is 2.75 bits per heavy atom. The number of carbonyl (C=O) groups is 2. The molecular formula is C18H25N3O3. The molecule has 1 aliphatic heterocycles. The standard InChI is InChI=1S/C18H25N3O3/c1-24-14-4-2-3-13(11-14)16(22)20-9-10-21-17(23)15-12-18(15)5-7-19-8-6-18/h2-4,11,15,19H,5-10,12H2,1H3,(H,20,22)(H,21,23). The van der Waals surface area contributed by atoms with E-state index in [1.165, 1.54) is 0 Å². The van der Waals surface area contributed by atoms with Gasteiger partial charge in [0.2, 0.25) is 5.91 Å². The van der Waals surface area contributed by atoms with Crippen LogP contribution in [-0.4, -0.2) is 45.1 Å². The van der Waals surface area contributed by atoms with E-state index < -0.39 is 0 Å². The van der Waals surface area contributed by atoms with Crippen molar-refractivity contribution >= 4 is 11.8 Å². The molecule has 2 amide bonds. The van der Waals surface area contributed by atoms with Crippen molar-refractivity contribution in [1.82, 2.24) is 16.0 Å². The van der Waals surface area contributed by atoms with E-state index in [4.69, 9.17) is 4.74 Å². The van der Waals surface area contributed by atoms with Crippen LogP contribution in [0.3, 0.4) is 0 Å². The maximum atomic E-state index is 12.2. The summed E-state index contributed by atoms with van der Waals surface area (Å²) in [5.74, 6) is 0.780. The molecule has 0 bridgehead atoms. The van der Waals surface area contributed by atoms with E-state index in [1.54, 1.807) is 31.4 Å². The van der Waals surface area contributed by atoms with Crippen LogP contribution in [0.1, 0.15) is 29.6 Å². The number of benzene rings is 1. The zero-order chi connectivity index (χ0) is 17.0. The summed E-state index contributed by atoms with van der Waals surface area (Å²) in [6.45, 7) is 2.91. The van der Waals surface area contributed by atoms with E-state index in [9.17, 15) is 9.59 Å². The number of methoxy groups -OCH3 is 1. The monoisotopic (exact) mass is 331 g/mol. The first-order valence-corrected chi connectivity index (χ1v) is 8.55. The summed E-state index contributed by atoms with van der Waals surface area (Å²) >= 11 is 0. The number of hydrogen-bond acceptors (Lipinski definition) is 4. The van der Waals surface area contributed by atoms with Gasteiger partial charge in [0.25, 0.3) is 5.91 Å². The smallest absolute Gasteiger partial charge is 0.251 e. The van der Waals surface area contributed by atoms with E-state index in [1.807, 2.05) is 0 Å². The number of carbonyl (C=O) groups excluding carboxylic acids is 2. The van der Waals surface area contributed by atoms with Crippen molar-refractivity contribution in [3.63, 3.8) is 0 Å². The quantitative estimate of drug-likeness (QED) is 0.678. The SMILES string of the molecule is COc1cccc(C(=O)NCCNC(=O)C2CC23CCNCC3)c1. The highest BCUT2D eigenvalue weighted by Gasteiger charge is 2.57. The van der Waals surface area contributed by atoms with Crippen molar-refractivity contribution in [2.75, 3.05) is 33.3 Å². The van der Waals surface area contributed by atoms with Crippen molar-refractivity contribution in [2.24, 2.45) is 11.3 Å². The van der Waals surface area contributed by atoms with Crippen molar-refractivity contribution in [3.8, 4) is 5.75 Å². The molecule has 1 aromatic carbocycles. The molecule has 1 aromatic rings. The van der Waals surface area contributed by atoms with Gasteiger partial charge in [0.15, 0.2) is 0 Å². The molecular weight excluding hydrogens is 306 g/mol. The Morgan fingerprint density at radius 2 is 2.00 bits per heavy atom. The van der Waals surface area contributed by atoms with Gasteiger partial charge in [-0.1, -0.05) is 6.07 Å². The predicted molar refractivity (Wildman–Crippen MR) is 91.0 cm³/mol. The fourth-order valence-electron chi connectivity index (χ4n) is 3.55. The molecule has 3 N–H and O–H groups in total. The predicted octanol–water partition coefficient (Wildman–Crippen LogP) is 0.931. The molecule has 1 spiro atoms. The minimum atomic E-state index is -0.163. The number of rotatable bonds is 6. The lowest BCUT2D eigenvalue weighted by Crippen LogP contribution is -2.37. The van der Waals surface area contributed by atoms with Crippen LogP contribution in [0.2, 0.25) is 0 Å². The van der Waals surface area contributed by atoms with Crippen LogP contribution in [0.15, 0.2) is 24.3 Å². The Labute approximate surface area is 142 Å². The van der Waals surface area contributed by atoms with Gasteiger partial charge in [0.05, 0.1) is 7.11 Å². The minimum Gasteiger partial charge on any atom is -0.497 e. The lowest BCUT2D eigenvalue weighted by molar-refractivity contribution is -0.123. The molecule has 6 heteroatoms. The molecule has 1 heterocycles. The summed E-state index contributed by atoms with van der Waals surface area (Å²) in [5, 5.41) is 9.10. The van der Waals surface area contributed by atoms with E-state index in [2.05, 4.69) is 16.0 Å². The van der Waals surface area contributed by atoms with Gasteiger partial charge in [-0.15, -0.1) is 0 Å². The molecule has 2 aliphatic rings. The summed E-state index contributed by atoms with van der Waals surface area (Å²) in [7, 11) is 1.57. The molecule has 0 radical (unpaired) electrons. The Balaban J connectivity index is 1.38. The van der Waals surface area contributed by atoms with Crippen LogP contribution in [0.5, 0.6) is 5.75 Å². The van der Waals surface area contributed by atoms with Gasteiger partial charge >= 0.3 is 0 Å². The van der Waals surface area contributed by atoms with Crippen LogP contribution in [0, 0.1) is 11.3 Å². The average molecular weight is 331 g/mol. The highest BCUT2D eigenvalue weighted by molar-refractivity contribution is 5.94. The van der Waals surface area contributed by atoms with Gasteiger partial charge < -0.3 is 20.7 Å². The molecule has 6 nitrogen and oxygen atoms in total. The van der Waals surface area contributed by atoms with Crippen molar-refractivity contribution in [1.29, 1.82) is 0 Å². The van der Waals surface area contributed by atoms with Gasteiger partial charge in [-0.25, -0.2) is 0 Å². The van der Waals surface area contributed by atoms with Crippen LogP contribution >= 0.6 is 0 Å². The largest absolute Gasteiger partial charge is 0.497 e. The van der Waals surface area contributed by atoms with Gasteiger partial charge in [-0.05, 0) is 56.0 Å². The molecule has 1 saturated heterocycles. The second kappa shape index (κ2) is 7.21. The number of piperidine rings is 1. The highest BCUT2D eigenvalue weighted by Crippen LogP contribution is 2.58. The lowest BCUT2D eigenvalue weighted by Gasteiger charge is -2.23. The second-order valence-corrected chi connectivity index (χ2v) is 6.65. The van der Waals surface area contributed by atoms with Crippen LogP contribution in [0.25, 0.3) is 0 Å². The van der Waals surface area contributed by atoms with E-state index >= 15 is 0 Å². The third-order valence-electron chi connectivity index (χ3n) is 5.15. The third-order valence-corrected chi connectivity index (χ3v) is 5.15. The van der Waals surface area contributed by atoms with Gasteiger partial charge in [-0.2, -0.15) is 0 Å². The van der Waals surface area contributed by atoms with E-state index in [-0.39, 0.29) is 23.1 Å². The normalized spacial score (nSPS) is 21.1. The zero-order valence-electron chi connectivity index (χ0n) is 14.1. The molecule has 24 heavy (non-hydrogen) atoms.